The maximum Gasteiger partial charge on any atom is 0.256 e. The summed E-state index contributed by atoms with van der Waals surface area (Å²) in [6.45, 7) is 0.927. The number of carbonyl (C=O) groups excluding carboxylic acids is 1. The van der Waals surface area contributed by atoms with E-state index in [0.29, 0.717) is 24.4 Å². The molecule has 0 aliphatic rings. The summed E-state index contributed by atoms with van der Waals surface area (Å²) in [5.74, 6) is -0.196. The van der Waals surface area contributed by atoms with Gasteiger partial charge in [0.2, 0.25) is 0 Å². The average Bonchev–Trinajstić information content (AvgIpc) is 3.16. The molecular formula is C14H14N4O2S. The zero-order chi connectivity index (χ0) is 14.7. The molecule has 3 heterocycles. The first-order chi connectivity index (χ1) is 10.3. The minimum atomic E-state index is -0.196. The third kappa shape index (κ3) is 2.65. The number of amides is 1. The summed E-state index contributed by atoms with van der Waals surface area (Å²) in [5, 5.41) is 9.07. The van der Waals surface area contributed by atoms with E-state index in [1.165, 1.54) is 0 Å². The number of aromatic nitrogens is 3. The van der Waals surface area contributed by atoms with E-state index < -0.39 is 0 Å². The van der Waals surface area contributed by atoms with Crippen LogP contribution in [0.4, 0.5) is 0 Å². The molecule has 3 aromatic rings. The van der Waals surface area contributed by atoms with Gasteiger partial charge >= 0.3 is 0 Å². The molecule has 21 heavy (non-hydrogen) atoms. The maximum atomic E-state index is 12.1. The molecule has 0 saturated carbocycles. The molecule has 0 fully saturated rings. The van der Waals surface area contributed by atoms with Gasteiger partial charge in [-0.1, -0.05) is 6.07 Å². The molecule has 0 aliphatic carbocycles. The molecule has 0 aromatic carbocycles. The molecule has 0 atom stereocenters. The minimum absolute atomic E-state index is 0.196. The van der Waals surface area contributed by atoms with E-state index in [4.69, 9.17) is 4.74 Å². The summed E-state index contributed by atoms with van der Waals surface area (Å²) in [4.78, 5) is 17.5. The van der Waals surface area contributed by atoms with Crippen molar-refractivity contribution in [2.24, 2.45) is 0 Å². The molecule has 0 bridgehead atoms. The number of thiophene rings is 1. The predicted octanol–water partition coefficient (Wildman–Crippen LogP) is 1.83. The van der Waals surface area contributed by atoms with Crippen molar-refractivity contribution in [2.75, 3.05) is 20.3 Å². The lowest BCUT2D eigenvalue weighted by Crippen LogP contribution is -2.26. The molecule has 3 aromatic heterocycles. The molecule has 0 saturated heterocycles. The number of hydrogen-bond donors (Lipinski definition) is 1. The van der Waals surface area contributed by atoms with Crippen LogP contribution in [0.25, 0.3) is 16.2 Å². The topological polar surface area (TPSA) is 68.5 Å². The van der Waals surface area contributed by atoms with Crippen LogP contribution in [0.2, 0.25) is 0 Å². The van der Waals surface area contributed by atoms with Crippen LogP contribution in [0.15, 0.2) is 36.0 Å². The summed E-state index contributed by atoms with van der Waals surface area (Å²) in [7, 11) is 1.59. The van der Waals surface area contributed by atoms with Gasteiger partial charge in [0.1, 0.15) is 5.56 Å². The van der Waals surface area contributed by atoms with Crippen LogP contribution in [0.1, 0.15) is 10.4 Å². The molecule has 1 amide bonds. The largest absolute Gasteiger partial charge is 0.383 e. The summed E-state index contributed by atoms with van der Waals surface area (Å²) < 4.78 is 6.61. The van der Waals surface area contributed by atoms with E-state index in [1.807, 2.05) is 23.6 Å². The number of carbonyl (C=O) groups is 1. The van der Waals surface area contributed by atoms with Crippen molar-refractivity contribution >= 4 is 22.9 Å². The summed E-state index contributed by atoms with van der Waals surface area (Å²) in [6.07, 6.45) is 3.24. The number of nitrogens with one attached hydrogen (secondary N) is 1. The lowest BCUT2D eigenvalue weighted by atomic mass is 10.3. The van der Waals surface area contributed by atoms with Crippen molar-refractivity contribution in [3.8, 4) is 10.6 Å². The maximum absolute atomic E-state index is 12.1. The normalized spacial score (nSPS) is 10.9. The van der Waals surface area contributed by atoms with E-state index in [9.17, 15) is 4.79 Å². The summed E-state index contributed by atoms with van der Waals surface area (Å²) in [5.41, 5.74) is 1.94. The lowest BCUT2D eigenvalue weighted by Gasteiger charge is -2.04. The highest BCUT2D eigenvalue weighted by molar-refractivity contribution is 7.13. The second-order valence-corrected chi connectivity index (χ2v) is 5.30. The van der Waals surface area contributed by atoms with E-state index in [2.05, 4.69) is 15.4 Å². The SMILES string of the molecule is COCCNC(=O)c1cnn2c(-c3cccs3)ccnc12. The van der Waals surface area contributed by atoms with Crippen molar-refractivity contribution < 1.29 is 9.53 Å². The van der Waals surface area contributed by atoms with Crippen molar-refractivity contribution in [3.05, 3.63) is 41.5 Å². The van der Waals surface area contributed by atoms with Crippen LogP contribution in [-0.2, 0) is 4.74 Å². The molecule has 6 nitrogen and oxygen atoms in total. The van der Waals surface area contributed by atoms with Gasteiger partial charge in [-0.15, -0.1) is 11.3 Å². The van der Waals surface area contributed by atoms with Crippen LogP contribution < -0.4 is 5.32 Å². The molecule has 3 rings (SSSR count). The molecule has 0 radical (unpaired) electrons. The average molecular weight is 302 g/mol. The molecule has 0 unspecified atom stereocenters. The number of rotatable bonds is 5. The zero-order valence-electron chi connectivity index (χ0n) is 11.4. The third-order valence-electron chi connectivity index (χ3n) is 3.01. The Bertz CT molecular complexity index is 752. The molecule has 7 heteroatoms. The number of fused-ring (bicyclic) bond motifs is 1. The molecular weight excluding hydrogens is 288 g/mol. The lowest BCUT2D eigenvalue weighted by molar-refractivity contribution is 0.0938. The Labute approximate surface area is 125 Å². The quantitative estimate of drug-likeness (QED) is 0.730. The molecule has 0 spiro atoms. The Morgan fingerprint density at radius 3 is 3.14 bits per heavy atom. The van der Waals surface area contributed by atoms with Crippen LogP contribution in [0.5, 0.6) is 0 Å². The molecule has 108 valence electrons. The van der Waals surface area contributed by atoms with Crippen molar-refractivity contribution in [1.29, 1.82) is 0 Å². The smallest absolute Gasteiger partial charge is 0.256 e. The highest BCUT2D eigenvalue weighted by Crippen LogP contribution is 2.25. The second kappa shape index (κ2) is 6.02. The fourth-order valence-electron chi connectivity index (χ4n) is 2.02. The van der Waals surface area contributed by atoms with Gasteiger partial charge < -0.3 is 10.1 Å². The van der Waals surface area contributed by atoms with Crippen LogP contribution in [0.3, 0.4) is 0 Å². The van der Waals surface area contributed by atoms with E-state index in [1.54, 1.807) is 35.4 Å². The van der Waals surface area contributed by atoms with E-state index in [-0.39, 0.29) is 5.91 Å². The van der Waals surface area contributed by atoms with Gasteiger partial charge in [-0.25, -0.2) is 9.50 Å². The monoisotopic (exact) mass is 302 g/mol. The Balaban J connectivity index is 1.96. The Hall–Kier alpha value is -2.25. The van der Waals surface area contributed by atoms with Gasteiger partial charge in [-0.05, 0) is 17.5 Å². The molecule has 1 N–H and O–H groups in total. The highest BCUT2D eigenvalue weighted by atomic mass is 32.1. The Morgan fingerprint density at radius 2 is 2.38 bits per heavy atom. The highest BCUT2D eigenvalue weighted by Gasteiger charge is 2.15. The fraction of sp³-hybridized carbons (Fsp3) is 0.214. The van der Waals surface area contributed by atoms with E-state index >= 15 is 0 Å². The van der Waals surface area contributed by atoms with Crippen LogP contribution in [0, 0.1) is 0 Å². The Morgan fingerprint density at radius 1 is 1.48 bits per heavy atom. The van der Waals surface area contributed by atoms with Gasteiger partial charge in [0.05, 0.1) is 23.4 Å². The number of hydrogen-bond acceptors (Lipinski definition) is 5. The summed E-state index contributed by atoms with van der Waals surface area (Å²) in [6, 6.07) is 5.88. The van der Waals surface area contributed by atoms with Crippen LogP contribution in [-0.4, -0.2) is 40.8 Å². The summed E-state index contributed by atoms with van der Waals surface area (Å²) >= 11 is 1.62. The van der Waals surface area contributed by atoms with Gasteiger partial charge in [0.25, 0.3) is 5.91 Å². The fourth-order valence-corrected chi connectivity index (χ4v) is 2.76. The van der Waals surface area contributed by atoms with E-state index in [0.717, 1.165) is 10.6 Å². The first kappa shape index (κ1) is 13.7. The first-order valence-electron chi connectivity index (χ1n) is 6.45. The van der Waals surface area contributed by atoms with Crippen LogP contribution >= 0.6 is 11.3 Å². The predicted molar refractivity (Wildman–Crippen MR) is 80.5 cm³/mol. The second-order valence-electron chi connectivity index (χ2n) is 4.35. The van der Waals surface area contributed by atoms with Gasteiger partial charge in [-0.3, -0.25) is 4.79 Å². The van der Waals surface area contributed by atoms with Gasteiger partial charge in [0.15, 0.2) is 5.65 Å². The van der Waals surface area contributed by atoms with Gasteiger partial charge in [-0.2, -0.15) is 5.10 Å². The first-order valence-corrected chi connectivity index (χ1v) is 7.33. The minimum Gasteiger partial charge on any atom is -0.383 e. The van der Waals surface area contributed by atoms with Crippen molar-refractivity contribution in [3.63, 3.8) is 0 Å². The van der Waals surface area contributed by atoms with Crippen molar-refractivity contribution in [1.82, 2.24) is 19.9 Å². The standard InChI is InChI=1S/C14H14N4O2S/c1-20-7-6-16-14(19)10-9-17-18-11(4-5-15-13(10)18)12-3-2-8-21-12/h2-5,8-9H,6-7H2,1H3,(H,16,19). The Kier molecular flexibility index (Phi) is 3.94. The van der Waals surface area contributed by atoms with Gasteiger partial charge in [0, 0.05) is 19.9 Å². The van der Waals surface area contributed by atoms with Crippen molar-refractivity contribution in [2.45, 2.75) is 0 Å². The molecule has 0 aliphatic heterocycles. The third-order valence-corrected chi connectivity index (χ3v) is 3.90. The number of methoxy groups -OCH3 is 1. The zero-order valence-corrected chi connectivity index (χ0v) is 12.3. The number of ether oxygens (including phenoxy) is 1. The number of nitrogens with zero attached hydrogens (tertiary/aromatic N) is 3.